The molecule has 0 saturated heterocycles. The Morgan fingerprint density at radius 1 is 1.32 bits per heavy atom. The van der Waals surface area contributed by atoms with Crippen molar-refractivity contribution in [2.75, 3.05) is 10.6 Å². The summed E-state index contributed by atoms with van der Waals surface area (Å²) in [5.74, 6) is -0.101. The van der Waals surface area contributed by atoms with Gasteiger partial charge < -0.3 is 10.6 Å². The maximum Gasteiger partial charge on any atom is 0.255 e. The van der Waals surface area contributed by atoms with Gasteiger partial charge in [0.1, 0.15) is 0 Å². The van der Waals surface area contributed by atoms with Crippen LogP contribution in [0, 0.1) is 5.92 Å². The maximum absolute atomic E-state index is 12.1. The number of nitrogens with zero attached hydrogens (tertiary/aromatic N) is 1. The van der Waals surface area contributed by atoms with Crippen molar-refractivity contribution >= 4 is 23.2 Å². The van der Waals surface area contributed by atoms with Crippen LogP contribution in [0.15, 0.2) is 42.7 Å². The van der Waals surface area contributed by atoms with Crippen molar-refractivity contribution in [2.24, 2.45) is 5.92 Å². The minimum atomic E-state index is -0.172. The first-order valence-electron chi connectivity index (χ1n) is 7.32. The molecule has 1 aromatic carbocycles. The largest absolute Gasteiger partial charge is 0.326 e. The highest BCUT2D eigenvalue weighted by molar-refractivity contribution is 6.04. The highest BCUT2D eigenvalue weighted by atomic mass is 16.2. The summed E-state index contributed by atoms with van der Waals surface area (Å²) in [5.41, 5.74) is 3.18. The molecule has 1 aliphatic rings. The van der Waals surface area contributed by atoms with E-state index in [-0.39, 0.29) is 17.7 Å². The number of fused-ring (bicyclic) bond motifs is 1. The standard InChI is InChI=1S/C17H17N3O2/c1-2-11-9-13-10-14(3-4-15(13)20-16(11)21)19-17(22)12-5-7-18-8-6-12/h3-8,10-11H,2,9H2,1H3,(H,19,22)(H,20,21). The van der Waals surface area contributed by atoms with Gasteiger partial charge >= 0.3 is 0 Å². The molecule has 5 nitrogen and oxygen atoms in total. The SMILES string of the molecule is CCC1Cc2cc(NC(=O)c3ccncc3)ccc2NC1=O. The molecule has 0 radical (unpaired) electrons. The normalized spacial score (nSPS) is 16.6. The maximum atomic E-state index is 12.1. The second kappa shape index (κ2) is 5.97. The Morgan fingerprint density at radius 2 is 2.09 bits per heavy atom. The van der Waals surface area contributed by atoms with Crippen molar-refractivity contribution in [1.29, 1.82) is 0 Å². The van der Waals surface area contributed by atoms with Gasteiger partial charge in [-0.2, -0.15) is 0 Å². The van der Waals surface area contributed by atoms with E-state index < -0.39 is 0 Å². The monoisotopic (exact) mass is 295 g/mol. The number of nitrogens with one attached hydrogen (secondary N) is 2. The summed E-state index contributed by atoms with van der Waals surface area (Å²) in [6.07, 6.45) is 4.68. The zero-order chi connectivity index (χ0) is 15.5. The van der Waals surface area contributed by atoms with Gasteiger partial charge in [0.25, 0.3) is 5.91 Å². The van der Waals surface area contributed by atoms with E-state index in [1.165, 1.54) is 0 Å². The summed E-state index contributed by atoms with van der Waals surface area (Å²) in [4.78, 5) is 27.9. The number of hydrogen-bond donors (Lipinski definition) is 2. The first kappa shape index (κ1) is 14.3. The third-order valence-electron chi connectivity index (χ3n) is 3.89. The number of carbonyl (C=O) groups excluding carboxylic acids is 2. The lowest BCUT2D eigenvalue weighted by atomic mass is 9.91. The fourth-order valence-corrected chi connectivity index (χ4v) is 2.59. The average molecular weight is 295 g/mol. The predicted octanol–water partition coefficient (Wildman–Crippen LogP) is 2.85. The van der Waals surface area contributed by atoms with Gasteiger partial charge in [0, 0.05) is 35.2 Å². The highest BCUT2D eigenvalue weighted by Gasteiger charge is 2.24. The average Bonchev–Trinajstić information content (AvgIpc) is 2.55. The lowest BCUT2D eigenvalue weighted by Crippen LogP contribution is -2.29. The Hall–Kier alpha value is -2.69. The molecule has 1 atom stereocenters. The smallest absolute Gasteiger partial charge is 0.255 e. The molecule has 2 amide bonds. The van der Waals surface area contributed by atoms with E-state index in [2.05, 4.69) is 15.6 Å². The molecular weight excluding hydrogens is 278 g/mol. The zero-order valence-electron chi connectivity index (χ0n) is 12.3. The number of hydrogen-bond acceptors (Lipinski definition) is 3. The lowest BCUT2D eigenvalue weighted by Gasteiger charge is -2.24. The van der Waals surface area contributed by atoms with Gasteiger partial charge in [-0.1, -0.05) is 6.92 Å². The first-order chi connectivity index (χ1) is 10.7. The quantitative estimate of drug-likeness (QED) is 0.914. The Kier molecular flexibility index (Phi) is 3.87. The molecule has 0 aliphatic carbocycles. The van der Waals surface area contributed by atoms with Crippen LogP contribution in [-0.2, 0) is 11.2 Å². The van der Waals surface area contributed by atoms with Crippen molar-refractivity contribution in [2.45, 2.75) is 19.8 Å². The van der Waals surface area contributed by atoms with Crippen molar-refractivity contribution in [3.8, 4) is 0 Å². The van der Waals surface area contributed by atoms with Crippen molar-refractivity contribution in [3.05, 3.63) is 53.9 Å². The molecule has 0 fully saturated rings. The fourth-order valence-electron chi connectivity index (χ4n) is 2.59. The van der Waals surface area contributed by atoms with Crippen LogP contribution in [-0.4, -0.2) is 16.8 Å². The van der Waals surface area contributed by atoms with E-state index in [4.69, 9.17) is 0 Å². The van der Waals surface area contributed by atoms with Crippen molar-refractivity contribution < 1.29 is 9.59 Å². The van der Waals surface area contributed by atoms with Crippen LogP contribution in [0.5, 0.6) is 0 Å². The fraction of sp³-hybridized carbons (Fsp3) is 0.235. The van der Waals surface area contributed by atoms with Crippen molar-refractivity contribution in [1.82, 2.24) is 4.98 Å². The Balaban J connectivity index is 1.79. The summed E-state index contributed by atoms with van der Waals surface area (Å²) in [6.45, 7) is 2.00. The summed E-state index contributed by atoms with van der Waals surface area (Å²) in [6, 6.07) is 8.89. The number of pyridine rings is 1. The third kappa shape index (κ3) is 2.83. The molecule has 0 spiro atoms. The molecule has 3 rings (SSSR count). The molecular formula is C17H17N3O2. The molecule has 2 heterocycles. The first-order valence-corrected chi connectivity index (χ1v) is 7.32. The Morgan fingerprint density at radius 3 is 2.82 bits per heavy atom. The van der Waals surface area contributed by atoms with Crippen molar-refractivity contribution in [3.63, 3.8) is 0 Å². The van der Waals surface area contributed by atoms with Gasteiger partial charge in [-0.05, 0) is 48.7 Å². The van der Waals surface area contributed by atoms with Crippen LogP contribution in [0.3, 0.4) is 0 Å². The molecule has 2 aromatic rings. The van der Waals surface area contributed by atoms with Gasteiger partial charge in [-0.15, -0.1) is 0 Å². The Labute approximate surface area is 128 Å². The van der Waals surface area contributed by atoms with Gasteiger partial charge in [0.2, 0.25) is 5.91 Å². The number of rotatable bonds is 3. The lowest BCUT2D eigenvalue weighted by molar-refractivity contribution is -0.120. The number of anilines is 2. The molecule has 0 bridgehead atoms. The van der Waals surface area contributed by atoms with Crippen LogP contribution in [0.2, 0.25) is 0 Å². The van der Waals surface area contributed by atoms with Crippen LogP contribution in [0.25, 0.3) is 0 Å². The molecule has 1 aliphatic heterocycles. The van der Waals surface area contributed by atoms with Gasteiger partial charge in [0.05, 0.1) is 0 Å². The number of benzene rings is 1. The topological polar surface area (TPSA) is 71.1 Å². The van der Waals surface area contributed by atoms with E-state index in [0.717, 1.165) is 23.4 Å². The number of aromatic nitrogens is 1. The molecule has 22 heavy (non-hydrogen) atoms. The summed E-state index contributed by atoms with van der Waals surface area (Å²) >= 11 is 0. The second-order valence-corrected chi connectivity index (χ2v) is 5.36. The highest BCUT2D eigenvalue weighted by Crippen LogP contribution is 2.29. The minimum absolute atomic E-state index is 0.00125. The van der Waals surface area contributed by atoms with Gasteiger partial charge in [-0.25, -0.2) is 0 Å². The van der Waals surface area contributed by atoms with E-state index >= 15 is 0 Å². The summed E-state index contributed by atoms with van der Waals surface area (Å²) in [5, 5.41) is 5.79. The minimum Gasteiger partial charge on any atom is -0.326 e. The molecule has 2 N–H and O–H groups in total. The molecule has 5 heteroatoms. The third-order valence-corrected chi connectivity index (χ3v) is 3.89. The molecule has 1 unspecified atom stereocenters. The van der Waals surface area contributed by atoms with Gasteiger partial charge in [0.15, 0.2) is 0 Å². The summed E-state index contributed by atoms with van der Waals surface area (Å²) in [7, 11) is 0. The van der Waals surface area contributed by atoms with Gasteiger partial charge in [-0.3, -0.25) is 14.6 Å². The van der Waals surface area contributed by atoms with Crippen LogP contribution >= 0.6 is 0 Å². The second-order valence-electron chi connectivity index (χ2n) is 5.36. The van der Waals surface area contributed by atoms with E-state index in [0.29, 0.717) is 12.0 Å². The Bertz CT molecular complexity index is 713. The number of amides is 2. The van der Waals surface area contributed by atoms with E-state index in [1.54, 1.807) is 30.6 Å². The molecule has 0 saturated carbocycles. The van der Waals surface area contributed by atoms with Crippen LogP contribution in [0.4, 0.5) is 11.4 Å². The molecule has 112 valence electrons. The zero-order valence-corrected chi connectivity index (χ0v) is 12.3. The number of carbonyl (C=O) groups is 2. The van der Waals surface area contributed by atoms with Crippen LogP contribution in [0.1, 0.15) is 29.3 Å². The van der Waals surface area contributed by atoms with E-state index in [1.807, 2.05) is 19.1 Å². The predicted molar refractivity (Wildman–Crippen MR) is 84.7 cm³/mol. The molecule has 1 aromatic heterocycles. The summed E-state index contributed by atoms with van der Waals surface area (Å²) < 4.78 is 0. The van der Waals surface area contributed by atoms with Crippen LogP contribution < -0.4 is 10.6 Å². The van der Waals surface area contributed by atoms with E-state index in [9.17, 15) is 9.59 Å².